The standard InChI is InChI=1S/C11H9N5/c1-3-12-6-10(1)16-7-9(5-15-16)11-2-4-13-8-14-11/h1-8,12H. The van der Waals surface area contributed by atoms with E-state index >= 15 is 0 Å². The van der Waals surface area contributed by atoms with Gasteiger partial charge >= 0.3 is 0 Å². The van der Waals surface area contributed by atoms with Crippen molar-refractivity contribution in [1.29, 1.82) is 0 Å². The van der Waals surface area contributed by atoms with E-state index in [0.717, 1.165) is 16.9 Å². The maximum Gasteiger partial charge on any atom is 0.116 e. The van der Waals surface area contributed by atoms with E-state index in [1.807, 2.05) is 30.7 Å². The van der Waals surface area contributed by atoms with E-state index in [4.69, 9.17) is 0 Å². The Balaban J connectivity index is 2.00. The molecule has 5 heteroatoms. The van der Waals surface area contributed by atoms with Crippen LogP contribution in [0.5, 0.6) is 0 Å². The van der Waals surface area contributed by atoms with Gasteiger partial charge in [-0.25, -0.2) is 14.6 Å². The normalized spacial score (nSPS) is 10.5. The lowest BCUT2D eigenvalue weighted by atomic mass is 10.2. The summed E-state index contributed by atoms with van der Waals surface area (Å²) in [5.41, 5.74) is 2.85. The molecule has 78 valence electrons. The molecule has 0 aliphatic heterocycles. The maximum atomic E-state index is 4.27. The van der Waals surface area contributed by atoms with Gasteiger partial charge in [-0.3, -0.25) is 0 Å². The van der Waals surface area contributed by atoms with Gasteiger partial charge in [-0.1, -0.05) is 0 Å². The van der Waals surface area contributed by atoms with E-state index in [-0.39, 0.29) is 0 Å². The number of hydrogen-bond acceptors (Lipinski definition) is 3. The van der Waals surface area contributed by atoms with Gasteiger partial charge < -0.3 is 4.98 Å². The van der Waals surface area contributed by atoms with Crippen molar-refractivity contribution in [3.63, 3.8) is 0 Å². The zero-order valence-corrected chi connectivity index (χ0v) is 8.41. The smallest absolute Gasteiger partial charge is 0.116 e. The monoisotopic (exact) mass is 211 g/mol. The van der Waals surface area contributed by atoms with Crippen molar-refractivity contribution < 1.29 is 0 Å². The van der Waals surface area contributed by atoms with Gasteiger partial charge in [0.2, 0.25) is 0 Å². The molecule has 0 atom stereocenters. The van der Waals surface area contributed by atoms with E-state index in [1.54, 1.807) is 17.1 Å². The fraction of sp³-hybridized carbons (Fsp3) is 0. The van der Waals surface area contributed by atoms with Crippen LogP contribution in [0, 0.1) is 0 Å². The van der Waals surface area contributed by atoms with Crippen LogP contribution in [-0.2, 0) is 0 Å². The molecule has 0 aliphatic carbocycles. The third-order valence-corrected chi connectivity index (χ3v) is 2.31. The highest BCUT2D eigenvalue weighted by Crippen LogP contribution is 2.16. The average molecular weight is 211 g/mol. The Hall–Kier alpha value is -2.43. The predicted molar refractivity (Wildman–Crippen MR) is 58.9 cm³/mol. The minimum Gasteiger partial charge on any atom is -0.366 e. The summed E-state index contributed by atoms with van der Waals surface area (Å²) in [5.74, 6) is 0. The van der Waals surface area contributed by atoms with Gasteiger partial charge in [0.1, 0.15) is 6.33 Å². The van der Waals surface area contributed by atoms with Crippen LogP contribution in [-0.4, -0.2) is 24.7 Å². The number of hydrogen-bond donors (Lipinski definition) is 1. The van der Waals surface area contributed by atoms with Crippen LogP contribution in [0.15, 0.2) is 49.4 Å². The van der Waals surface area contributed by atoms with E-state index < -0.39 is 0 Å². The second-order valence-corrected chi connectivity index (χ2v) is 3.34. The van der Waals surface area contributed by atoms with Crippen molar-refractivity contribution in [2.75, 3.05) is 0 Å². The number of nitrogens with zero attached hydrogens (tertiary/aromatic N) is 4. The summed E-state index contributed by atoms with van der Waals surface area (Å²) in [5, 5.41) is 4.27. The fourth-order valence-corrected chi connectivity index (χ4v) is 1.52. The van der Waals surface area contributed by atoms with Crippen LogP contribution >= 0.6 is 0 Å². The molecule has 5 nitrogen and oxygen atoms in total. The number of rotatable bonds is 2. The van der Waals surface area contributed by atoms with Crippen LogP contribution in [0.4, 0.5) is 0 Å². The first kappa shape index (κ1) is 8.84. The molecule has 3 aromatic heterocycles. The summed E-state index contributed by atoms with van der Waals surface area (Å²) in [7, 11) is 0. The predicted octanol–water partition coefficient (Wildman–Crippen LogP) is 1.66. The summed E-state index contributed by atoms with van der Waals surface area (Å²) < 4.78 is 1.80. The van der Waals surface area contributed by atoms with Crippen LogP contribution < -0.4 is 0 Å². The first-order chi connectivity index (χ1) is 7.93. The quantitative estimate of drug-likeness (QED) is 0.701. The zero-order chi connectivity index (χ0) is 10.8. The molecule has 0 saturated heterocycles. The van der Waals surface area contributed by atoms with Crippen LogP contribution in [0.3, 0.4) is 0 Å². The van der Waals surface area contributed by atoms with Gasteiger partial charge in [-0.05, 0) is 12.1 Å². The molecule has 0 aliphatic rings. The Kier molecular flexibility index (Phi) is 2.00. The third-order valence-electron chi connectivity index (χ3n) is 2.31. The number of H-pyrrole nitrogens is 1. The SMILES string of the molecule is c1cc(-c2cnn(-c3cc[nH]c3)c2)ncn1. The molecule has 1 N–H and O–H groups in total. The molecule has 0 aromatic carbocycles. The Bertz CT molecular complexity index is 567. The van der Waals surface area contributed by atoms with Gasteiger partial charge in [-0.2, -0.15) is 5.10 Å². The molecule has 0 bridgehead atoms. The van der Waals surface area contributed by atoms with Gasteiger partial charge in [0, 0.05) is 30.4 Å². The third kappa shape index (κ3) is 1.48. The second-order valence-electron chi connectivity index (χ2n) is 3.34. The van der Waals surface area contributed by atoms with Crippen molar-refractivity contribution in [3.05, 3.63) is 49.4 Å². The molecule has 3 rings (SSSR count). The van der Waals surface area contributed by atoms with Gasteiger partial charge in [0.15, 0.2) is 0 Å². The molecule has 0 amide bonds. The largest absolute Gasteiger partial charge is 0.366 e. The number of nitrogens with one attached hydrogen (secondary N) is 1. The Morgan fingerprint density at radius 3 is 3.00 bits per heavy atom. The van der Waals surface area contributed by atoms with E-state index in [2.05, 4.69) is 20.1 Å². The van der Waals surface area contributed by atoms with Crippen molar-refractivity contribution in [3.8, 4) is 16.9 Å². The van der Waals surface area contributed by atoms with E-state index in [1.165, 1.54) is 6.33 Å². The first-order valence-electron chi connectivity index (χ1n) is 4.88. The Labute approximate surface area is 91.8 Å². The second kappa shape index (κ2) is 3.62. The first-order valence-corrected chi connectivity index (χ1v) is 4.88. The summed E-state index contributed by atoms with van der Waals surface area (Å²) >= 11 is 0. The van der Waals surface area contributed by atoms with Crippen LogP contribution in [0.25, 0.3) is 16.9 Å². The molecule has 16 heavy (non-hydrogen) atoms. The van der Waals surface area contributed by atoms with Gasteiger partial charge in [-0.15, -0.1) is 0 Å². The summed E-state index contributed by atoms with van der Waals surface area (Å²) in [6.45, 7) is 0. The van der Waals surface area contributed by atoms with Crippen molar-refractivity contribution >= 4 is 0 Å². The molecular formula is C11H9N5. The van der Waals surface area contributed by atoms with Crippen molar-refractivity contribution in [2.24, 2.45) is 0 Å². The lowest BCUT2D eigenvalue weighted by Crippen LogP contribution is -1.90. The Morgan fingerprint density at radius 2 is 2.25 bits per heavy atom. The lowest BCUT2D eigenvalue weighted by Gasteiger charge is -1.94. The zero-order valence-electron chi connectivity index (χ0n) is 8.41. The molecular weight excluding hydrogens is 202 g/mol. The summed E-state index contributed by atoms with van der Waals surface area (Å²) in [6, 6.07) is 3.81. The summed E-state index contributed by atoms with van der Waals surface area (Å²) in [6.07, 6.45) is 10.7. The van der Waals surface area contributed by atoms with Crippen molar-refractivity contribution in [2.45, 2.75) is 0 Å². The molecule has 0 saturated carbocycles. The highest BCUT2D eigenvalue weighted by atomic mass is 15.3. The summed E-state index contributed by atoms with van der Waals surface area (Å²) in [4.78, 5) is 11.0. The van der Waals surface area contributed by atoms with Crippen LogP contribution in [0.1, 0.15) is 0 Å². The molecule has 0 spiro atoms. The highest BCUT2D eigenvalue weighted by molar-refractivity contribution is 5.56. The number of aromatic amines is 1. The van der Waals surface area contributed by atoms with E-state index in [9.17, 15) is 0 Å². The Morgan fingerprint density at radius 1 is 1.25 bits per heavy atom. The molecule has 0 unspecified atom stereocenters. The highest BCUT2D eigenvalue weighted by Gasteiger charge is 2.03. The van der Waals surface area contributed by atoms with Crippen molar-refractivity contribution in [1.82, 2.24) is 24.7 Å². The molecule has 0 radical (unpaired) electrons. The lowest BCUT2D eigenvalue weighted by molar-refractivity contribution is 0.882. The van der Waals surface area contributed by atoms with Crippen LogP contribution in [0.2, 0.25) is 0 Å². The molecule has 3 heterocycles. The average Bonchev–Trinajstić information content (AvgIpc) is 3.01. The molecule has 3 aromatic rings. The minimum absolute atomic E-state index is 0.872. The van der Waals surface area contributed by atoms with E-state index in [0.29, 0.717) is 0 Å². The van der Waals surface area contributed by atoms with Gasteiger partial charge in [0.05, 0.1) is 17.6 Å². The topological polar surface area (TPSA) is 59.4 Å². The molecule has 0 fully saturated rings. The maximum absolute atomic E-state index is 4.27. The van der Waals surface area contributed by atoms with Gasteiger partial charge in [0.25, 0.3) is 0 Å². The minimum atomic E-state index is 0.872. The number of aromatic nitrogens is 5. The fourth-order valence-electron chi connectivity index (χ4n) is 1.52.